The van der Waals surface area contributed by atoms with Crippen molar-refractivity contribution in [2.45, 2.75) is 24.8 Å². The van der Waals surface area contributed by atoms with E-state index in [2.05, 4.69) is 20.2 Å². The van der Waals surface area contributed by atoms with Crippen LogP contribution in [0, 0.1) is 0 Å². The predicted molar refractivity (Wildman–Crippen MR) is 99.3 cm³/mol. The number of thioether (sulfide) groups is 1. The average molecular weight is 356 g/mol. The zero-order chi connectivity index (χ0) is 17.6. The third kappa shape index (κ3) is 4.79. The fraction of sp³-hybridized carbons (Fsp3) is 0.333. The summed E-state index contributed by atoms with van der Waals surface area (Å²) in [6.07, 6.45) is 3.92. The zero-order valence-electron chi connectivity index (χ0n) is 14.1. The smallest absolute Gasteiger partial charge is 0.234 e. The third-order valence-corrected chi connectivity index (χ3v) is 4.89. The average Bonchev–Trinajstić information content (AvgIpc) is 3.15. The van der Waals surface area contributed by atoms with Gasteiger partial charge in [-0.2, -0.15) is 0 Å². The molecule has 0 radical (unpaired) electrons. The van der Waals surface area contributed by atoms with Gasteiger partial charge in [-0.25, -0.2) is 9.97 Å². The highest BCUT2D eigenvalue weighted by molar-refractivity contribution is 7.99. The van der Waals surface area contributed by atoms with E-state index in [0.717, 1.165) is 23.9 Å². The van der Waals surface area contributed by atoms with Gasteiger partial charge in [0.2, 0.25) is 5.91 Å². The van der Waals surface area contributed by atoms with Crippen molar-refractivity contribution in [3.8, 4) is 0 Å². The van der Waals surface area contributed by atoms with Gasteiger partial charge in [0.25, 0.3) is 0 Å². The Morgan fingerprint density at radius 3 is 2.76 bits per heavy atom. The summed E-state index contributed by atoms with van der Waals surface area (Å²) in [5, 5.41) is 3.59. The van der Waals surface area contributed by atoms with Crippen LogP contribution in [-0.4, -0.2) is 40.5 Å². The maximum absolute atomic E-state index is 12.1. The highest BCUT2D eigenvalue weighted by Crippen LogP contribution is 2.22. The van der Waals surface area contributed by atoms with Gasteiger partial charge < -0.3 is 10.2 Å². The molecule has 25 heavy (non-hydrogen) atoms. The number of Topliss-reactive ketones (excluding diaryl/α,β-unsaturated/α-hetero) is 1. The van der Waals surface area contributed by atoms with E-state index < -0.39 is 0 Å². The molecule has 0 saturated carbocycles. The SMILES string of the molecule is CC(=O)c1cccc(NC(=O)CSc2cc(N3CCCC3)ncn2)c1. The standard InChI is InChI=1S/C18H20N4O2S/c1-13(23)14-5-4-6-15(9-14)21-17(24)11-25-18-10-16(19-12-20-18)22-7-2-3-8-22/h4-6,9-10,12H,2-3,7-8,11H2,1H3,(H,21,24). The van der Waals surface area contributed by atoms with Gasteiger partial charge in [-0.1, -0.05) is 23.9 Å². The van der Waals surface area contributed by atoms with E-state index in [1.54, 1.807) is 30.6 Å². The van der Waals surface area contributed by atoms with Crippen LogP contribution < -0.4 is 10.2 Å². The van der Waals surface area contributed by atoms with Crippen molar-refractivity contribution in [3.63, 3.8) is 0 Å². The Bertz CT molecular complexity index is 775. The molecule has 2 aromatic rings. The molecule has 0 bridgehead atoms. The number of carbonyl (C=O) groups is 2. The topological polar surface area (TPSA) is 75.2 Å². The normalized spacial score (nSPS) is 13.7. The van der Waals surface area contributed by atoms with Gasteiger partial charge in [0, 0.05) is 30.4 Å². The van der Waals surface area contributed by atoms with Crippen molar-refractivity contribution in [2.24, 2.45) is 0 Å². The Morgan fingerprint density at radius 1 is 1.20 bits per heavy atom. The van der Waals surface area contributed by atoms with Gasteiger partial charge in [-0.15, -0.1) is 0 Å². The lowest BCUT2D eigenvalue weighted by Crippen LogP contribution is -2.19. The van der Waals surface area contributed by atoms with E-state index in [1.807, 2.05) is 6.07 Å². The first-order valence-electron chi connectivity index (χ1n) is 8.22. The lowest BCUT2D eigenvalue weighted by Gasteiger charge is -2.16. The minimum absolute atomic E-state index is 0.0269. The summed E-state index contributed by atoms with van der Waals surface area (Å²) in [4.78, 5) is 34.3. The Labute approximate surface area is 151 Å². The Hall–Kier alpha value is -2.41. The van der Waals surface area contributed by atoms with Crippen LogP contribution in [0.2, 0.25) is 0 Å². The molecule has 7 heteroatoms. The van der Waals surface area contributed by atoms with E-state index in [-0.39, 0.29) is 17.4 Å². The van der Waals surface area contributed by atoms with Gasteiger partial charge in [-0.05, 0) is 31.9 Å². The van der Waals surface area contributed by atoms with Gasteiger partial charge in [0.05, 0.1) is 5.75 Å². The first kappa shape index (κ1) is 17.4. The van der Waals surface area contributed by atoms with Crippen molar-refractivity contribution in [2.75, 3.05) is 29.1 Å². The lowest BCUT2D eigenvalue weighted by atomic mass is 10.1. The number of hydrogen-bond acceptors (Lipinski definition) is 6. The lowest BCUT2D eigenvalue weighted by molar-refractivity contribution is -0.113. The summed E-state index contributed by atoms with van der Waals surface area (Å²) < 4.78 is 0. The molecular weight excluding hydrogens is 336 g/mol. The second kappa shape index (κ2) is 8.11. The highest BCUT2D eigenvalue weighted by atomic mass is 32.2. The number of amides is 1. The first-order chi connectivity index (χ1) is 12.1. The number of nitrogens with one attached hydrogen (secondary N) is 1. The number of anilines is 2. The summed E-state index contributed by atoms with van der Waals surface area (Å²) in [6.45, 7) is 3.55. The van der Waals surface area contributed by atoms with E-state index in [1.165, 1.54) is 31.5 Å². The number of rotatable bonds is 6. The molecule has 2 heterocycles. The zero-order valence-corrected chi connectivity index (χ0v) is 14.9. The third-order valence-electron chi connectivity index (χ3n) is 3.96. The van der Waals surface area contributed by atoms with Crippen molar-refractivity contribution in [3.05, 3.63) is 42.2 Å². The Morgan fingerprint density at radius 2 is 2.00 bits per heavy atom. The van der Waals surface area contributed by atoms with Crippen LogP contribution in [0.5, 0.6) is 0 Å². The maximum atomic E-state index is 12.1. The molecule has 0 spiro atoms. The fourth-order valence-corrected chi connectivity index (χ4v) is 3.34. The number of hydrogen-bond donors (Lipinski definition) is 1. The van der Waals surface area contributed by atoms with Gasteiger partial charge in [0.15, 0.2) is 5.78 Å². The van der Waals surface area contributed by atoms with Crippen LogP contribution in [0.1, 0.15) is 30.1 Å². The molecule has 1 N–H and O–H groups in total. The maximum Gasteiger partial charge on any atom is 0.234 e. The van der Waals surface area contributed by atoms with Gasteiger partial charge in [0.1, 0.15) is 17.2 Å². The molecule has 3 rings (SSSR count). The molecular formula is C18H20N4O2S. The van der Waals surface area contributed by atoms with Crippen LogP contribution in [0.25, 0.3) is 0 Å². The molecule has 1 amide bonds. The predicted octanol–water partition coefficient (Wildman–Crippen LogP) is 3.01. The highest BCUT2D eigenvalue weighted by Gasteiger charge is 2.14. The molecule has 1 saturated heterocycles. The molecule has 1 aliphatic heterocycles. The van der Waals surface area contributed by atoms with E-state index in [0.29, 0.717) is 11.3 Å². The van der Waals surface area contributed by atoms with Gasteiger partial charge in [-0.3, -0.25) is 9.59 Å². The van der Waals surface area contributed by atoms with Gasteiger partial charge >= 0.3 is 0 Å². The molecule has 0 unspecified atom stereocenters. The largest absolute Gasteiger partial charge is 0.356 e. The Kier molecular flexibility index (Phi) is 5.65. The molecule has 1 aliphatic rings. The number of aromatic nitrogens is 2. The van der Waals surface area contributed by atoms with Crippen molar-refractivity contribution in [1.82, 2.24) is 9.97 Å². The number of nitrogens with zero attached hydrogens (tertiary/aromatic N) is 3. The second-order valence-corrected chi connectivity index (χ2v) is 6.88. The van der Waals surface area contributed by atoms with Crippen LogP contribution in [-0.2, 0) is 4.79 Å². The molecule has 6 nitrogen and oxygen atoms in total. The summed E-state index contributed by atoms with van der Waals surface area (Å²) in [7, 11) is 0. The summed E-state index contributed by atoms with van der Waals surface area (Å²) >= 11 is 1.37. The van der Waals surface area contributed by atoms with Crippen molar-refractivity contribution in [1.29, 1.82) is 0 Å². The van der Waals surface area contributed by atoms with Crippen molar-refractivity contribution >= 4 is 35.0 Å². The van der Waals surface area contributed by atoms with Crippen LogP contribution in [0.15, 0.2) is 41.7 Å². The minimum atomic E-state index is -0.132. The molecule has 0 aliphatic carbocycles. The summed E-state index contributed by atoms with van der Waals surface area (Å²) in [6, 6.07) is 8.87. The molecule has 1 aromatic heterocycles. The van der Waals surface area contributed by atoms with Crippen LogP contribution >= 0.6 is 11.8 Å². The summed E-state index contributed by atoms with van der Waals surface area (Å²) in [5.74, 6) is 1.01. The number of ketones is 1. The second-order valence-electron chi connectivity index (χ2n) is 5.88. The first-order valence-corrected chi connectivity index (χ1v) is 9.21. The quantitative estimate of drug-likeness (QED) is 0.487. The fourth-order valence-electron chi connectivity index (χ4n) is 2.68. The van der Waals surface area contributed by atoms with E-state index in [4.69, 9.17) is 0 Å². The molecule has 0 atom stereocenters. The van der Waals surface area contributed by atoms with Crippen LogP contribution in [0.4, 0.5) is 11.5 Å². The summed E-state index contributed by atoms with van der Waals surface area (Å²) in [5.41, 5.74) is 1.20. The number of benzene rings is 1. The Balaban J connectivity index is 1.56. The molecule has 1 fully saturated rings. The molecule has 1 aromatic carbocycles. The molecule has 130 valence electrons. The number of carbonyl (C=O) groups excluding carboxylic acids is 2. The van der Waals surface area contributed by atoms with E-state index >= 15 is 0 Å². The monoisotopic (exact) mass is 356 g/mol. The van der Waals surface area contributed by atoms with Crippen molar-refractivity contribution < 1.29 is 9.59 Å². The minimum Gasteiger partial charge on any atom is -0.356 e. The van der Waals surface area contributed by atoms with E-state index in [9.17, 15) is 9.59 Å². The van der Waals surface area contributed by atoms with Crippen LogP contribution in [0.3, 0.4) is 0 Å².